The number of hydrogen-bond donors (Lipinski definition) is 2. The van der Waals surface area contributed by atoms with Crippen molar-refractivity contribution in [2.24, 2.45) is 0 Å². The van der Waals surface area contributed by atoms with Crippen LogP contribution in [-0.2, 0) is 4.79 Å². The van der Waals surface area contributed by atoms with Crippen LogP contribution in [0.25, 0.3) is 5.52 Å². The van der Waals surface area contributed by atoms with Gasteiger partial charge < -0.3 is 20.3 Å². The van der Waals surface area contributed by atoms with Gasteiger partial charge in [-0.1, -0.05) is 24.4 Å². The highest BCUT2D eigenvalue weighted by molar-refractivity contribution is 7.99. The molecule has 0 unspecified atom stereocenters. The van der Waals surface area contributed by atoms with Crippen molar-refractivity contribution < 1.29 is 9.53 Å². The lowest BCUT2D eigenvalue weighted by Crippen LogP contribution is -2.29. The Morgan fingerprint density at radius 2 is 2.03 bits per heavy atom. The predicted molar refractivity (Wildman–Crippen MR) is 151 cm³/mol. The van der Waals surface area contributed by atoms with Crippen molar-refractivity contribution in [3.8, 4) is 5.75 Å². The Labute approximate surface area is 226 Å². The predicted octanol–water partition coefficient (Wildman–Crippen LogP) is 5.27. The maximum absolute atomic E-state index is 11.7. The Morgan fingerprint density at radius 1 is 1.21 bits per heavy atom. The van der Waals surface area contributed by atoms with Crippen LogP contribution in [0, 0.1) is 6.92 Å². The molecule has 1 aliphatic heterocycles. The van der Waals surface area contributed by atoms with Crippen LogP contribution in [0.1, 0.15) is 29.9 Å². The lowest BCUT2D eigenvalue weighted by atomic mass is 9.86. The fraction of sp³-hybridized carbons (Fsp3) is 0.286. The Balaban J connectivity index is 1.43. The molecule has 4 aromatic rings. The average Bonchev–Trinajstić information content (AvgIpc) is 3.39. The van der Waals surface area contributed by atoms with Crippen molar-refractivity contribution in [1.29, 1.82) is 0 Å². The van der Waals surface area contributed by atoms with E-state index in [4.69, 9.17) is 9.72 Å². The molecule has 0 saturated carbocycles. The van der Waals surface area contributed by atoms with E-state index in [0.717, 1.165) is 52.8 Å². The van der Waals surface area contributed by atoms with E-state index >= 15 is 0 Å². The summed E-state index contributed by atoms with van der Waals surface area (Å²) in [7, 11) is 3.86. The lowest BCUT2D eigenvalue weighted by Gasteiger charge is -2.30. The molecule has 10 heteroatoms. The molecule has 0 radical (unpaired) electrons. The van der Waals surface area contributed by atoms with Crippen LogP contribution in [-0.4, -0.2) is 57.9 Å². The van der Waals surface area contributed by atoms with Gasteiger partial charge in [-0.15, -0.1) is 9.73 Å². The second-order valence-corrected chi connectivity index (χ2v) is 10.4. The molecule has 0 bridgehead atoms. The van der Waals surface area contributed by atoms with Gasteiger partial charge >= 0.3 is 0 Å². The Morgan fingerprint density at radius 3 is 2.79 bits per heavy atom. The molecule has 2 aromatic heterocycles. The first kappa shape index (κ1) is 25.7. The number of aryl methyl sites for hydroxylation is 1. The smallest absolute Gasteiger partial charge is 0.248 e. The molecule has 9 nitrogen and oxygen atoms in total. The molecule has 2 N–H and O–H groups in total. The van der Waals surface area contributed by atoms with Crippen LogP contribution >= 0.6 is 11.8 Å². The van der Waals surface area contributed by atoms with Crippen molar-refractivity contribution in [2.45, 2.75) is 35.6 Å². The van der Waals surface area contributed by atoms with Gasteiger partial charge in [0.2, 0.25) is 11.9 Å². The van der Waals surface area contributed by atoms with Gasteiger partial charge in [-0.2, -0.15) is 5.10 Å². The summed E-state index contributed by atoms with van der Waals surface area (Å²) >= 11 is 1.47. The summed E-state index contributed by atoms with van der Waals surface area (Å²) in [6.07, 6.45) is 5.23. The van der Waals surface area contributed by atoms with Crippen LogP contribution < -0.4 is 15.4 Å². The number of likely N-dealkylation sites (tertiary alicyclic amines) is 1. The minimum atomic E-state index is -0.259. The van der Waals surface area contributed by atoms with E-state index in [1.807, 2.05) is 30.3 Å². The van der Waals surface area contributed by atoms with Crippen LogP contribution in [0.3, 0.4) is 0 Å². The van der Waals surface area contributed by atoms with E-state index in [1.165, 1.54) is 29.0 Å². The second-order valence-electron chi connectivity index (χ2n) is 9.38. The number of rotatable bonds is 8. The number of amides is 1. The second kappa shape index (κ2) is 11.2. The number of carbonyl (C=O) groups excluding carboxylic acids is 1. The number of carbonyl (C=O) groups is 1. The minimum absolute atomic E-state index is 0.259. The van der Waals surface area contributed by atoms with Crippen molar-refractivity contribution in [3.63, 3.8) is 0 Å². The summed E-state index contributed by atoms with van der Waals surface area (Å²) in [5.41, 5.74) is 4.82. The topological polar surface area (TPSA) is 96.7 Å². The van der Waals surface area contributed by atoms with Crippen LogP contribution in [0.5, 0.6) is 5.75 Å². The molecule has 3 heterocycles. The van der Waals surface area contributed by atoms with Crippen molar-refractivity contribution in [1.82, 2.24) is 24.7 Å². The maximum Gasteiger partial charge on any atom is 0.248 e. The summed E-state index contributed by atoms with van der Waals surface area (Å²) in [5.74, 6) is 1.43. The highest BCUT2D eigenvalue weighted by Crippen LogP contribution is 2.38. The first-order chi connectivity index (χ1) is 18.4. The average molecular weight is 530 g/mol. The van der Waals surface area contributed by atoms with E-state index in [2.05, 4.69) is 58.4 Å². The Bertz CT molecular complexity index is 1480. The quantitative estimate of drug-likeness (QED) is 0.298. The van der Waals surface area contributed by atoms with Gasteiger partial charge in [-0.25, -0.2) is 4.98 Å². The number of fused-ring (bicyclic) bond motifs is 1. The standard InChI is InChI=1S/C28H31N7O2S/c1-5-26(36)30-20-7-6-8-21(16-20)38-27-24-9-12-29-35(24)33-28(32-27)31-23-15-18(2)22(17-25(23)37-4)19-10-13-34(3)14-11-19/h5-9,12,15-17,19H,1,10-11,13-14H2,2-4H3,(H,30,36)(H,31,33). The van der Waals surface area contributed by atoms with E-state index in [1.54, 1.807) is 17.9 Å². The normalized spacial score (nSPS) is 14.4. The molecule has 5 rings (SSSR count). The molecule has 1 aliphatic rings. The van der Waals surface area contributed by atoms with Crippen molar-refractivity contribution in [3.05, 3.63) is 72.4 Å². The largest absolute Gasteiger partial charge is 0.495 e. The summed E-state index contributed by atoms with van der Waals surface area (Å²) in [6.45, 7) is 7.87. The van der Waals surface area contributed by atoms with Crippen LogP contribution in [0.15, 0.2) is 71.2 Å². The van der Waals surface area contributed by atoms with Gasteiger partial charge in [0.05, 0.1) is 19.0 Å². The number of hydrogen-bond acceptors (Lipinski definition) is 8. The number of ether oxygens (including phenoxy) is 1. The van der Waals surface area contributed by atoms with Crippen molar-refractivity contribution in [2.75, 3.05) is 37.9 Å². The third-order valence-corrected chi connectivity index (χ3v) is 7.72. The molecular formula is C28H31N7O2S. The SMILES string of the molecule is C=CC(=O)Nc1cccc(Sc2nc(Nc3cc(C)c(C4CCN(C)CC4)cc3OC)nn3nccc23)c1. The first-order valence-electron chi connectivity index (χ1n) is 12.5. The number of methoxy groups -OCH3 is 1. The monoisotopic (exact) mass is 529 g/mol. The van der Waals surface area contributed by atoms with Crippen LogP contribution in [0.2, 0.25) is 0 Å². The van der Waals surface area contributed by atoms with E-state index in [-0.39, 0.29) is 5.91 Å². The van der Waals surface area contributed by atoms with Gasteiger partial charge in [-0.05, 0) is 99.4 Å². The van der Waals surface area contributed by atoms with Gasteiger partial charge in [0.15, 0.2) is 0 Å². The Hall–Kier alpha value is -3.89. The van der Waals surface area contributed by atoms with E-state index in [0.29, 0.717) is 17.6 Å². The lowest BCUT2D eigenvalue weighted by molar-refractivity contribution is -0.111. The number of benzene rings is 2. The number of aromatic nitrogens is 4. The zero-order valence-corrected chi connectivity index (χ0v) is 22.6. The third-order valence-electron chi connectivity index (χ3n) is 6.73. The molecule has 1 saturated heterocycles. The summed E-state index contributed by atoms with van der Waals surface area (Å²) in [4.78, 5) is 19.8. The molecule has 0 aliphatic carbocycles. The molecule has 1 amide bonds. The zero-order valence-electron chi connectivity index (χ0n) is 21.8. The number of anilines is 3. The van der Waals surface area contributed by atoms with Gasteiger partial charge in [0.25, 0.3) is 0 Å². The highest BCUT2D eigenvalue weighted by Gasteiger charge is 2.22. The summed E-state index contributed by atoms with van der Waals surface area (Å²) < 4.78 is 7.34. The molecule has 2 aromatic carbocycles. The molecule has 1 fully saturated rings. The van der Waals surface area contributed by atoms with Gasteiger partial charge in [0, 0.05) is 10.6 Å². The highest BCUT2D eigenvalue weighted by atomic mass is 32.2. The molecule has 0 atom stereocenters. The number of nitrogens with one attached hydrogen (secondary N) is 2. The van der Waals surface area contributed by atoms with Crippen molar-refractivity contribution >= 4 is 40.5 Å². The van der Waals surface area contributed by atoms with Gasteiger partial charge in [-0.3, -0.25) is 4.79 Å². The fourth-order valence-corrected chi connectivity index (χ4v) is 5.66. The van der Waals surface area contributed by atoms with E-state index < -0.39 is 0 Å². The minimum Gasteiger partial charge on any atom is -0.495 e. The number of piperidine rings is 1. The molecular weight excluding hydrogens is 498 g/mol. The van der Waals surface area contributed by atoms with Gasteiger partial charge in [0.1, 0.15) is 16.3 Å². The third kappa shape index (κ3) is 5.66. The maximum atomic E-state index is 11.7. The first-order valence-corrected chi connectivity index (χ1v) is 13.3. The molecule has 0 spiro atoms. The molecule has 196 valence electrons. The summed E-state index contributed by atoms with van der Waals surface area (Å²) in [6, 6.07) is 13.7. The van der Waals surface area contributed by atoms with Crippen LogP contribution in [0.4, 0.5) is 17.3 Å². The summed E-state index contributed by atoms with van der Waals surface area (Å²) in [5, 5.41) is 15.8. The molecule has 38 heavy (non-hydrogen) atoms. The fourth-order valence-electron chi connectivity index (χ4n) is 4.72. The van der Waals surface area contributed by atoms with E-state index in [9.17, 15) is 4.79 Å². The Kier molecular flexibility index (Phi) is 7.62. The zero-order chi connectivity index (χ0) is 26.6. The number of nitrogens with zero attached hydrogens (tertiary/aromatic N) is 5.